The predicted molar refractivity (Wildman–Crippen MR) is 111 cm³/mol. The number of ether oxygens (including phenoxy) is 1. The van der Waals surface area contributed by atoms with E-state index in [1.54, 1.807) is 17.5 Å². The molecule has 2 aromatic heterocycles. The van der Waals surface area contributed by atoms with Gasteiger partial charge in [0.15, 0.2) is 5.06 Å². The second-order valence-corrected chi connectivity index (χ2v) is 8.27. The summed E-state index contributed by atoms with van der Waals surface area (Å²) in [4.78, 5) is 16.7. The number of aromatic nitrogens is 1. The summed E-state index contributed by atoms with van der Waals surface area (Å²) in [6.45, 7) is 2.75. The number of benzene rings is 1. The Hall–Kier alpha value is -2.86. The van der Waals surface area contributed by atoms with E-state index in [1.165, 1.54) is 28.3 Å². The number of thiophene rings is 1. The van der Waals surface area contributed by atoms with Gasteiger partial charge in [0.2, 0.25) is 0 Å². The first-order valence-corrected chi connectivity index (χ1v) is 10.2. The number of pyridine rings is 1. The molecule has 3 aromatic rings. The lowest BCUT2D eigenvalue weighted by Gasteiger charge is -2.26. The highest BCUT2D eigenvalue weighted by Gasteiger charge is 2.21. The first-order chi connectivity index (χ1) is 13.6. The van der Waals surface area contributed by atoms with Gasteiger partial charge in [0.1, 0.15) is 5.75 Å². The number of hydrogen-bond donors (Lipinski definition) is 2. The number of rotatable bonds is 6. The van der Waals surface area contributed by atoms with Crippen LogP contribution in [-0.4, -0.2) is 22.6 Å². The van der Waals surface area contributed by atoms with Crippen LogP contribution in [0.2, 0.25) is 0 Å². The van der Waals surface area contributed by atoms with Gasteiger partial charge in [-0.1, -0.05) is 6.07 Å². The van der Waals surface area contributed by atoms with Crippen molar-refractivity contribution in [3.05, 3.63) is 70.4 Å². The number of hydrogen-bond acceptors (Lipinski definition) is 5. The molecule has 0 radical (unpaired) electrons. The summed E-state index contributed by atoms with van der Waals surface area (Å²) in [7, 11) is 0. The van der Waals surface area contributed by atoms with Crippen molar-refractivity contribution in [1.29, 1.82) is 0 Å². The van der Waals surface area contributed by atoms with E-state index in [0.29, 0.717) is 18.2 Å². The Labute approximate surface area is 168 Å². The number of aromatic carboxylic acids is 1. The molecule has 1 atom stereocenters. The monoisotopic (exact) mass is 394 g/mol. The summed E-state index contributed by atoms with van der Waals surface area (Å²) < 4.78 is 6.00. The second kappa shape index (κ2) is 8.02. The van der Waals surface area contributed by atoms with Gasteiger partial charge in [0.25, 0.3) is 0 Å². The molecule has 0 spiro atoms. The van der Waals surface area contributed by atoms with Gasteiger partial charge in [-0.05, 0) is 67.6 Å². The molecule has 0 bridgehead atoms. The van der Waals surface area contributed by atoms with Crippen molar-refractivity contribution < 1.29 is 14.6 Å². The third-order valence-corrected chi connectivity index (χ3v) is 5.96. The van der Waals surface area contributed by atoms with Gasteiger partial charge in [-0.2, -0.15) is 0 Å². The van der Waals surface area contributed by atoms with Crippen LogP contribution in [0.1, 0.15) is 45.1 Å². The van der Waals surface area contributed by atoms with Crippen LogP contribution >= 0.6 is 11.3 Å². The standard InChI is InChI=1S/C22H22N2O3S/c1-14-5-8-21(28-14)27-17-6-7-18-15(11-17)3-2-4-16(18)12-24-20-13-23-10-9-19(20)22(25)26/h5-11,13,16,24H,2-4,12H2,1H3,(H,25,26). The molecule has 0 saturated heterocycles. The van der Waals surface area contributed by atoms with Crippen LogP contribution < -0.4 is 10.1 Å². The van der Waals surface area contributed by atoms with Crippen molar-refractivity contribution >= 4 is 23.0 Å². The molecular weight excluding hydrogens is 372 g/mol. The molecule has 4 rings (SSSR count). The van der Waals surface area contributed by atoms with Crippen molar-refractivity contribution in [3.63, 3.8) is 0 Å². The van der Waals surface area contributed by atoms with Gasteiger partial charge in [-0.25, -0.2) is 4.79 Å². The molecule has 1 aliphatic rings. The summed E-state index contributed by atoms with van der Waals surface area (Å²) in [6.07, 6.45) is 6.31. The van der Waals surface area contributed by atoms with Crippen molar-refractivity contribution in [2.75, 3.05) is 11.9 Å². The van der Waals surface area contributed by atoms with Crippen molar-refractivity contribution in [3.8, 4) is 10.8 Å². The molecule has 144 valence electrons. The quantitative estimate of drug-likeness (QED) is 0.580. The van der Waals surface area contributed by atoms with Gasteiger partial charge in [0.05, 0.1) is 17.4 Å². The molecule has 0 amide bonds. The Morgan fingerprint density at radius 1 is 1.32 bits per heavy atom. The fourth-order valence-corrected chi connectivity index (χ4v) is 4.43. The molecule has 0 saturated carbocycles. The second-order valence-electron chi connectivity index (χ2n) is 7.02. The average molecular weight is 394 g/mol. The smallest absolute Gasteiger partial charge is 0.337 e. The van der Waals surface area contributed by atoms with Crippen LogP contribution in [0.5, 0.6) is 10.8 Å². The Morgan fingerprint density at radius 3 is 3.00 bits per heavy atom. The molecule has 1 aliphatic carbocycles. The van der Waals surface area contributed by atoms with Crippen molar-refractivity contribution in [2.45, 2.75) is 32.1 Å². The Morgan fingerprint density at radius 2 is 2.21 bits per heavy atom. The molecule has 0 aliphatic heterocycles. The Balaban J connectivity index is 1.49. The SMILES string of the molecule is Cc1ccc(Oc2ccc3c(c2)CCCC3CNc2cnccc2C(=O)O)s1. The summed E-state index contributed by atoms with van der Waals surface area (Å²) >= 11 is 1.64. The van der Waals surface area contributed by atoms with Gasteiger partial charge < -0.3 is 15.2 Å². The zero-order valence-corrected chi connectivity index (χ0v) is 16.5. The predicted octanol–water partition coefficient (Wildman–Crippen LogP) is 5.47. The molecular formula is C22H22N2O3S. The fraction of sp³-hybridized carbons (Fsp3) is 0.273. The minimum absolute atomic E-state index is 0.251. The van der Waals surface area contributed by atoms with Crippen LogP contribution in [0.4, 0.5) is 5.69 Å². The third kappa shape index (κ3) is 4.02. The molecule has 1 aromatic carbocycles. The van der Waals surface area contributed by atoms with Crippen LogP contribution in [0.3, 0.4) is 0 Å². The largest absolute Gasteiger partial charge is 0.478 e. The first kappa shape index (κ1) is 18.5. The van der Waals surface area contributed by atoms with E-state index in [-0.39, 0.29) is 5.56 Å². The summed E-state index contributed by atoms with van der Waals surface area (Å²) in [5.74, 6) is 0.262. The highest BCUT2D eigenvalue weighted by atomic mass is 32.1. The molecule has 28 heavy (non-hydrogen) atoms. The number of aryl methyl sites for hydroxylation is 2. The average Bonchev–Trinajstić information content (AvgIpc) is 3.10. The Kier molecular flexibility index (Phi) is 5.30. The van der Waals surface area contributed by atoms with Gasteiger partial charge in [-0.3, -0.25) is 4.98 Å². The lowest BCUT2D eigenvalue weighted by molar-refractivity contribution is 0.0698. The number of anilines is 1. The van der Waals surface area contributed by atoms with Gasteiger partial charge >= 0.3 is 5.97 Å². The molecule has 2 heterocycles. The molecule has 0 fully saturated rings. The van der Waals surface area contributed by atoms with Gasteiger partial charge in [0, 0.05) is 23.5 Å². The Bertz CT molecular complexity index is 999. The fourth-order valence-electron chi connectivity index (χ4n) is 3.70. The number of carboxylic acids is 1. The van der Waals surface area contributed by atoms with Crippen molar-refractivity contribution in [1.82, 2.24) is 4.98 Å². The van der Waals surface area contributed by atoms with E-state index in [2.05, 4.69) is 35.4 Å². The lowest BCUT2D eigenvalue weighted by atomic mass is 9.82. The number of nitrogens with one attached hydrogen (secondary N) is 1. The van der Waals surface area contributed by atoms with Crippen LogP contribution in [0, 0.1) is 6.92 Å². The number of carbonyl (C=O) groups is 1. The minimum atomic E-state index is -0.945. The highest BCUT2D eigenvalue weighted by molar-refractivity contribution is 7.13. The number of carboxylic acid groups (broad SMARTS) is 1. The van der Waals surface area contributed by atoms with E-state index in [4.69, 9.17) is 4.74 Å². The molecule has 6 heteroatoms. The molecule has 2 N–H and O–H groups in total. The van der Waals surface area contributed by atoms with E-state index in [1.807, 2.05) is 12.1 Å². The zero-order valence-electron chi connectivity index (χ0n) is 15.6. The maximum Gasteiger partial charge on any atom is 0.337 e. The minimum Gasteiger partial charge on any atom is -0.478 e. The van der Waals surface area contributed by atoms with Crippen LogP contribution in [0.15, 0.2) is 48.8 Å². The number of fused-ring (bicyclic) bond motifs is 1. The molecule has 1 unspecified atom stereocenters. The zero-order chi connectivity index (χ0) is 19.5. The van der Waals surface area contributed by atoms with E-state index in [0.717, 1.165) is 30.1 Å². The maximum absolute atomic E-state index is 11.4. The first-order valence-electron chi connectivity index (χ1n) is 9.38. The molecule has 5 nitrogen and oxygen atoms in total. The van der Waals surface area contributed by atoms with E-state index >= 15 is 0 Å². The summed E-state index contributed by atoms with van der Waals surface area (Å²) in [6, 6.07) is 11.9. The van der Waals surface area contributed by atoms with Crippen LogP contribution in [0.25, 0.3) is 0 Å². The summed E-state index contributed by atoms with van der Waals surface area (Å²) in [5.41, 5.74) is 3.44. The van der Waals surface area contributed by atoms with Gasteiger partial charge in [-0.15, -0.1) is 11.3 Å². The van der Waals surface area contributed by atoms with Crippen molar-refractivity contribution in [2.24, 2.45) is 0 Å². The normalized spacial score (nSPS) is 15.7. The lowest BCUT2D eigenvalue weighted by Crippen LogP contribution is -2.19. The van der Waals surface area contributed by atoms with E-state index < -0.39 is 5.97 Å². The maximum atomic E-state index is 11.4. The highest BCUT2D eigenvalue weighted by Crippen LogP contribution is 2.36. The van der Waals surface area contributed by atoms with E-state index in [9.17, 15) is 9.90 Å². The summed E-state index contributed by atoms with van der Waals surface area (Å²) in [5, 5.41) is 13.5. The third-order valence-electron chi connectivity index (χ3n) is 5.08. The number of nitrogens with zero attached hydrogens (tertiary/aromatic N) is 1. The van der Waals surface area contributed by atoms with Crippen LogP contribution in [-0.2, 0) is 6.42 Å². The topological polar surface area (TPSA) is 71.5 Å².